The van der Waals surface area contributed by atoms with Gasteiger partial charge in [0.25, 0.3) is 0 Å². The van der Waals surface area contributed by atoms with Crippen LogP contribution in [0.15, 0.2) is 47.2 Å². The summed E-state index contributed by atoms with van der Waals surface area (Å²) in [5, 5.41) is 0.741. The number of hydrogen-bond acceptors (Lipinski definition) is 6. The summed E-state index contributed by atoms with van der Waals surface area (Å²) in [7, 11) is 0. The Balaban J connectivity index is 1.54. The number of fused-ring (bicyclic) bond motifs is 2. The Labute approximate surface area is 145 Å². The summed E-state index contributed by atoms with van der Waals surface area (Å²) < 4.78 is 17.0. The summed E-state index contributed by atoms with van der Waals surface area (Å²) >= 11 is 3.41. The molecule has 0 bridgehead atoms. The van der Waals surface area contributed by atoms with E-state index in [4.69, 9.17) is 14.2 Å². The van der Waals surface area contributed by atoms with Crippen LogP contribution < -0.4 is 14.2 Å². The number of halogens is 1. The van der Waals surface area contributed by atoms with Gasteiger partial charge in [0.2, 0.25) is 12.7 Å². The number of ether oxygens (including phenoxy) is 3. The van der Waals surface area contributed by atoms with Crippen LogP contribution in [0, 0.1) is 0 Å². The van der Waals surface area contributed by atoms with Crippen molar-refractivity contribution >= 4 is 32.6 Å². The normalized spacial score (nSPS) is 12.4. The Morgan fingerprint density at radius 2 is 2.00 bits per heavy atom. The lowest BCUT2D eigenvalue weighted by atomic mass is 10.1. The van der Waals surface area contributed by atoms with Crippen LogP contribution in [0.5, 0.6) is 17.4 Å². The van der Waals surface area contributed by atoms with Crippen LogP contribution in [0.25, 0.3) is 10.9 Å². The average molecular weight is 387 g/mol. The fourth-order valence-electron chi connectivity index (χ4n) is 2.41. The number of ketones is 1. The van der Waals surface area contributed by atoms with Crippen molar-refractivity contribution in [2.75, 3.05) is 13.4 Å². The number of hydrogen-bond donors (Lipinski definition) is 0. The van der Waals surface area contributed by atoms with Crippen LogP contribution in [-0.2, 0) is 0 Å². The quantitative estimate of drug-likeness (QED) is 0.640. The molecular weight excluding hydrogens is 376 g/mol. The maximum Gasteiger partial charge on any atom is 0.231 e. The maximum atomic E-state index is 12.3. The highest BCUT2D eigenvalue weighted by Gasteiger charge is 2.17. The molecule has 1 aliphatic rings. The van der Waals surface area contributed by atoms with E-state index in [-0.39, 0.29) is 19.2 Å². The highest BCUT2D eigenvalue weighted by molar-refractivity contribution is 9.10. The van der Waals surface area contributed by atoms with Gasteiger partial charge in [0.05, 0.1) is 10.9 Å². The number of Topliss-reactive ketones (excluding diaryl/α,β-unsaturated/α-hetero) is 1. The standard InChI is InChI=1S/C17H11BrN2O4/c18-11-2-3-13-12(6-11)17(20-8-19-13)22-7-14(21)10-1-4-15-16(5-10)24-9-23-15/h1-6,8H,7,9H2. The summed E-state index contributed by atoms with van der Waals surface area (Å²) in [6.45, 7) is 0.0452. The third-order valence-electron chi connectivity index (χ3n) is 3.60. The zero-order valence-corrected chi connectivity index (χ0v) is 13.9. The van der Waals surface area contributed by atoms with Gasteiger partial charge < -0.3 is 14.2 Å². The number of carbonyl (C=O) groups excluding carboxylic acids is 1. The number of benzene rings is 2. The number of aromatic nitrogens is 2. The zero-order valence-electron chi connectivity index (χ0n) is 12.4. The van der Waals surface area contributed by atoms with Crippen LogP contribution in [0.3, 0.4) is 0 Å². The van der Waals surface area contributed by atoms with Crippen LogP contribution in [-0.4, -0.2) is 29.2 Å². The molecule has 120 valence electrons. The molecule has 4 rings (SSSR count). The number of rotatable bonds is 4. The van der Waals surface area contributed by atoms with E-state index in [0.29, 0.717) is 22.9 Å². The van der Waals surface area contributed by atoms with Gasteiger partial charge in [0.15, 0.2) is 23.9 Å². The molecule has 24 heavy (non-hydrogen) atoms. The topological polar surface area (TPSA) is 70.5 Å². The molecule has 3 aromatic rings. The zero-order chi connectivity index (χ0) is 16.5. The van der Waals surface area contributed by atoms with E-state index in [1.807, 2.05) is 18.2 Å². The predicted molar refractivity (Wildman–Crippen MR) is 89.6 cm³/mol. The van der Waals surface area contributed by atoms with E-state index in [1.54, 1.807) is 18.2 Å². The van der Waals surface area contributed by atoms with E-state index in [0.717, 1.165) is 15.4 Å². The van der Waals surface area contributed by atoms with Crippen molar-refractivity contribution in [3.63, 3.8) is 0 Å². The monoisotopic (exact) mass is 386 g/mol. The molecular formula is C17H11BrN2O4. The largest absolute Gasteiger partial charge is 0.469 e. The van der Waals surface area contributed by atoms with Crippen LogP contribution >= 0.6 is 15.9 Å². The lowest BCUT2D eigenvalue weighted by Gasteiger charge is -2.08. The van der Waals surface area contributed by atoms with Crippen LogP contribution in [0.4, 0.5) is 0 Å². The molecule has 6 nitrogen and oxygen atoms in total. The smallest absolute Gasteiger partial charge is 0.231 e. The van der Waals surface area contributed by atoms with Gasteiger partial charge in [-0.15, -0.1) is 0 Å². The average Bonchev–Trinajstić information content (AvgIpc) is 3.07. The van der Waals surface area contributed by atoms with E-state index in [9.17, 15) is 4.79 Å². The van der Waals surface area contributed by atoms with Gasteiger partial charge in [-0.05, 0) is 36.4 Å². The SMILES string of the molecule is O=C(COc1ncnc2ccc(Br)cc12)c1ccc2c(c1)OCO2. The molecule has 0 N–H and O–H groups in total. The highest BCUT2D eigenvalue weighted by atomic mass is 79.9. The Morgan fingerprint density at radius 3 is 2.92 bits per heavy atom. The molecule has 0 fully saturated rings. The molecule has 0 aliphatic carbocycles. The molecule has 7 heteroatoms. The summed E-state index contributed by atoms with van der Waals surface area (Å²) in [5.74, 6) is 1.40. The van der Waals surface area contributed by atoms with Crippen molar-refractivity contribution in [3.8, 4) is 17.4 Å². The highest BCUT2D eigenvalue weighted by Crippen LogP contribution is 2.32. The Hall–Kier alpha value is -2.67. The van der Waals surface area contributed by atoms with Crippen molar-refractivity contribution in [1.29, 1.82) is 0 Å². The maximum absolute atomic E-state index is 12.3. The molecule has 0 radical (unpaired) electrons. The van der Waals surface area contributed by atoms with Gasteiger partial charge in [0, 0.05) is 10.0 Å². The molecule has 2 aromatic carbocycles. The molecule has 0 unspecified atom stereocenters. The minimum atomic E-state index is -0.171. The number of carbonyl (C=O) groups is 1. The first kappa shape index (κ1) is 14.9. The molecule has 0 amide bonds. The van der Waals surface area contributed by atoms with E-state index in [2.05, 4.69) is 25.9 Å². The molecule has 1 aromatic heterocycles. The fraction of sp³-hybridized carbons (Fsp3) is 0.118. The number of nitrogens with zero attached hydrogens (tertiary/aromatic N) is 2. The van der Waals surface area contributed by atoms with E-state index in [1.165, 1.54) is 6.33 Å². The van der Waals surface area contributed by atoms with Crippen molar-refractivity contribution in [3.05, 3.63) is 52.8 Å². The second kappa shape index (κ2) is 6.09. The third kappa shape index (κ3) is 2.78. The van der Waals surface area contributed by atoms with Crippen molar-refractivity contribution in [2.45, 2.75) is 0 Å². The van der Waals surface area contributed by atoms with E-state index < -0.39 is 0 Å². The summed E-state index contributed by atoms with van der Waals surface area (Å²) in [5.41, 5.74) is 1.25. The summed E-state index contributed by atoms with van der Waals surface area (Å²) in [4.78, 5) is 20.6. The molecule has 0 atom stereocenters. The summed E-state index contributed by atoms with van der Waals surface area (Å²) in [6.07, 6.45) is 1.41. The Bertz CT molecular complexity index is 945. The third-order valence-corrected chi connectivity index (χ3v) is 4.09. The van der Waals surface area contributed by atoms with Crippen molar-refractivity contribution in [1.82, 2.24) is 9.97 Å². The second-order valence-corrected chi connectivity index (χ2v) is 6.04. The van der Waals surface area contributed by atoms with Gasteiger partial charge in [-0.1, -0.05) is 15.9 Å². The van der Waals surface area contributed by atoms with Crippen LogP contribution in [0.2, 0.25) is 0 Å². The first-order valence-corrected chi connectivity index (χ1v) is 7.96. The fourth-order valence-corrected chi connectivity index (χ4v) is 2.77. The van der Waals surface area contributed by atoms with E-state index >= 15 is 0 Å². The first-order chi connectivity index (χ1) is 11.7. The minimum Gasteiger partial charge on any atom is -0.469 e. The molecule has 0 saturated heterocycles. The Morgan fingerprint density at radius 1 is 1.12 bits per heavy atom. The summed E-state index contributed by atoms with van der Waals surface area (Å²) in [6, 6.07) is 10.7. The minimum absolute atomic E-state index is 0.127. The van der Waals surface area contributed by atoms with Crippen molar-refractivity contribution < 1.29 is 19.0 Å². The second-order valence-electron chi connectivity index (χ2n) is 5.12. The van der Waals surface area contributed by atoms with Gasteiger partial charge >= 0.3 is 0 Å². The first-order valence-electron chi connectivity index (χ1n) is 7.16. The van der Waals surface area contributed by atoms with Crippen LogP contribution in [0.1, 0.15) is 10.4 Å². The lowest BCUT2D eigenvalue weighted by Crippen LogP contribution is -2.12. The van der Waals surface area contributed by atoms with Gasteiger partial charge in [0.1, 0.15) is 6.33 Å². The van der Waals surface area contributed by atoms with Crippen molar-refractivity contribution in [2.24, 2.45) is 0 Å². The predicted octanol–water partition coefficient (Wildman–Crippen LogP) is 3.38. The molecule has 0 spiro atoms. The lowest BCUT2D eigenvalue weighted by molar-refractivity contribution is 0.0919. The van der Waals surface area contributed by atoms with Gasteiger partial charge in [-0.25, -0.2) is 9.97 Å². The van der Waals surface area contributed by atoms with Gasteiger partial charge in [-0.2, -0.15) is 0 Å². The Kier molecular flexibility index (Phi) is 3.78. The van der Waals surface area contributed by atoms with Gasteiger partial charge in [-0.3, -0.25) is 4.79 Å². The molecule has 0 saturated carbocycles. The molecule has 1 aliphatic heterocycles. The molecule has 2 heterocycles.